The molecule has 8 heteroatoms. The lowest BCUT2D eigenvalue weighted by Gasteiger charge is -2.24. The van der Waals surface area contributed by atoms with E-state index < -0.39 is 23.7 Å². The normalized spacial score (nSPS) is 18.2. The van der Waals surface area contributed by atoms with Crippen molar-refractivity contribution in [2.24, 2.45) is 0 Å². The molecule has 2 N–H and O–H groups in total. The number of rotatable bonds is 5. The molecule has 0 aromatic heterocycles. The van der Waals surface area contributed by atoms with Gasteiger partial charge in [-0.2, -0.15) is 0 Å². The number of ketones is 1. The highest BCUT2D eigenvalue weighted by atomic mass is 35.5. The number of aliphatic hydroxyl groups is 2. The van der Waals surface area contributed by atoms with Gasteiger partial charge in [-0.1, -0.05) is 23.7 Å². The highest BCUT2D eigenvalue weighted by Gasteiger charge is 2.45. The van der Waals surface area contributed by atoms with Crippen molar-refractivity contribution in [2.45, 2.75) is 6.04 Å². The zero-order valence-corrected chi connectivity index (χ0v) is 16.2. The number of hydrogen-bond donors (Lipinski definition) is 2. The van der Waals surface area contributed by atoms with Gasteiger partial charge in [0.1, 0.15) is 5.76 Å². The van der Waals surface area contributed by atoms with Gasteiger partial charge in [-0.15, -0.1) is 0 Å². The molecule has 2 aromatic carbocycles. The molecule has 0 bridgehead atoms. The number of Topliss-reactive ketones (excluding diaryl/α,β-unsaturated/α-hetero) is 1. The van der Waals surface area contributed by atoms with E-state index in [1.165, 1.54) is 36.3 Å². The van der Waals surface area contributed by atoms with Crippen LogP contribution in [-0.4, -0.2) is 53.0 Å². The van der Waals surface area contributed by atoms with Crippen molar-refractivity contribution in [3.05, 3.63) is 75.8 Å². The Hall–Kier alpha value is -3.16. The third-order valence-corrected chi connectivity index (χ3v) is 4.90. The minimum atomic E-state index is -0.912. The molecule has 29 heavy (non-hydrogen) atoms. The summed E-state index contributed by atoms with van der Waals surface area (Å²) >= 11 is 5.88. The second-order valence-electron chi connectivity index (χ2n) is 6.34. The minimum absolute atomic E-state index is 0.0919. The number of carbonyl (C=O) groups excluding carboxylic acids is 3. The van der Waals surface area contributed by atoms with Crippen molar-refractivity contribution in [1.82, 2.24) is 4.90 Å². The van der Waals surface area contributed by atoms with Crippen LogP contribution in [0.4, 0.5) is 0 Å². The maximum atomic E-state index is 12.7. The topological polar surface area (TPSA) is 104 Å². The van der Waals surface area contributed by atoms with Crippen molar-refractivity contribution >= 4 is 35.0 Å². The number of esters is 1. The van der Waals surface area contributed by atoms with Crippen molar-refractivity contribution in [1.29, 1.82) is 0 Å². The Morgan fingerprint density at radius 2 is 1.66 bits per heavy atom. The van der Waals surface area contributed by atoms with Crippen molar-refractivity contribution in [3.8, 4) is 0 Å². The fourth-order valence-corrected chi connectivity index (χ4v) is 3.37. The first-order valence-corrected chi connectivity index (χ1v) is 9.10. The lowest BCUT2D eigenvalue weighted by atomic mass is 9.94. The number of hydrogen-bond acceptors (Lipinski definition) is 6. The Bertz CT molecular complexity index is 981. The smallest absolute Gasteiger partial charge is 0.337 e. The number of halogens is 1. The number of β-amino-alcohol motifs (C(OH)–C–C–N with tert-alkyl or cyclic N) is 1. The first-order chi connectivity index (χ1) is 13.9. The number of aliphatic hydroxyl groups excluding tert-OH is 2. The quantitative estimate of drug-likeness (QED) is 0.336. The van der Waals surface area contributed by atoms with E-state index in [1.807, 2.05) is 0 Å². The maximum Gasteiger partial charge on any atom is 0.337 e. The molecule has 1 atom stereocenters. The Morgan fingerprint density at radius 3 is 2.21 bits per heavy atom. The average Bonchev–Trinajstić information content (AvgIpc) is 2.98. The van der Waals surface area contributed by atoms with E-state index in [4.69, 9.17) is 11.6 Å². The van der Waals surface area contributed by atoms with Gasteiger partial charge in [0, 0.05) is 17.1 Å². The Balaban J connectivity index is 2.13. The summed E-state index contributed by atoms with van der Waals surface area (Å²) in [7, 11) is 1.26. The minimum Gasteiger partial charge on any atom is -0.507 e. The number of ether oxygens (including phenoxy) is 1. The van der Waals surface area contributed by atoms with Crippen molar-refractivity contribution < 1.29 is 29.3 Å². The largest absolute Gasteiger partial charge is 0.507 e. The Kier molecular flexibility index (Phi) is 6.00. The van der Waals surface area contributed by atoms with Crippen LogP contribution in [-0.2, 0) is 14.3 Å². The van der Waals surface area contributed by atoms with Gasteiger partial charge in [0.2, 0.25) is 0 Å². The van der Waals surface area contributed by atoms with Crippen molar-refractivity contribution in [2.75, 3.05) is 20.3 Å². The van der Waals surface area contributed by atoms with E-state index in [1.54, 1.807) is 24.3 Å². The van der Waals surface area contributed by atoms with Crippen molar-refractivity contribution in [3.63, 3.8) is 0 Å². The van der Waals surface area contributed by atoms with E-state index in [0.717, 1.165) is 0 Å². The highest BCUT2D eigenvalue weighted by Crippen LogP contribution is 2.39. The Morgan fingerprint density at radius 1 is 1.07 bits per heavy atom. The average molecular weight is 416 g/mol. The molecule has 1 aliphatic rings. The van der Waals surface area contributed by atoms with Gasteiger partial charge >= 0.3 is 5.97 Å². The van der Waals surface area contributed by atoms with Crippen LogP contribution < -0.4 is 0 Å². The lowest BCUT2D eigenvalue weighted by molar-refractivity contribution is -0.140. The predicted octanol–water partition coefficient (Wildman–Crippen LogP) is 2.54. The Labute approximate surface area is 171 Å². The van der Waals surface area contributed by atoms with Gasteiger partial charge in [-0.05, 0) is 42.0 Å². The number of amides is 1. The molecule has 1 aliphatic heterocycles. The molecule has 7 nitrogen and oxygen atoms in total. The van der Waals surface area contributed by atoms with E-state index >= 15 is 0 Å². The lowest BCUT2D eigenvalue weighted by Crippen LogP contribution is -2.32. The number of carbonyl (C=O) groups is 3. The SMILES string of the molecule is COC(=O)c1ccc(C2/C(=C(/O)c3ccc(Cl)cc3)C(=O)C(=O)N2CCO)cc1. The second-order valence-corrected chi connectivity index (χ2v) is 6.77. The summed E-state index contributed by atoms with van der Waals surface area (Å²) in [6.45, 7) is -0.448. The van der Waals surface area contributed by atoms with Crippen LogP contribution >= 0.6 is 11.6 Å². The summed E-state index contributed by atoms with van der Waals surface area (Å²) in [5.74, 6) is -2.55. The van der Waals surface area contributed by atoms with E-state index in [9.17, 15) is 24.6 Å². The monoisotopic (exact) mass is 415 g/mol. The fraction of sp³-hybridized carbons (Fsp3) is 0.190. The van der Waals surface area contributed by atoms with Crippen LogP contribution in [0, 0.1) is 0 Å². The number of benzene rings is 2. The van der Waals surface area contributed by atoms with Gasteiger partial charge in [-0.3, -0.25) is 9.59 Å². The summed E-state index contributed by atoms with van der Waals surface area (Å²) < 4.78 is 4.67. The molecule has 3 rings (SSSR count). The molecule has 150 valence electrons. The number of methoxy groups -OCH3 is 1. The number of nitrogens with zero attached hydrogens (tertiary/aromatic N) is 1. The molecule has 0 radical (unpaired) electrons. The van der Waals surface area contributed by atoms with Crippen LogP contribution in [0.3, 0.4) is 0 Å². The zero-order valence-electron chi connectivity index (χ0n) is 15.5. The maximum absolute atomic E-state index is 12.7. The highest BCUT2D eigenvalue weighted by molar-refractivity contribution is 6.46. The molecular formula is C21H18ClNO6. The molecule has 1 saturated heterocycles. The summed E-state index contributed by atoms with van der Waals surface area (Å²) in [5.41, 5.74) is 1.03. The second kappa shape index (κ2) is 8.46. The molecule has 1 amide bonds. The van der Waals surface area contributed by atoms with E-state index in [0.29, 0.717) is 21.7 Å². The zero-order chi connectivity index (χ0) is 21.1. The van der Waals surface area contributed by atoms with Gasteiger partial charge in [0.25, 0.3) is 11.7 Å². The van der Waals surface area contributed by atoms with Crippen LogP contribution in [0.25, 0.3) is 5.76 Å². The molecule has 0 spiro atoms. The molecule has 0 saturated carbocycles. The first kappa shape index (κ1) is 20.6. The number of likely N-dealkylation sites (tertiary alicyclic amines) is 1. The summed E-state index contributed by atoms with van der Waals surface area (Å²) in [5, 5.41) is 20.6. The van der Waals surface area contributed by atoms with E-state index in [-0.39, 0.29) is 24.5 Å². The third kappa shape index (κ3) is 3.87. The summed E-state index contributed by atoms with van der Waals surface area (Å²) in [4.78, 5) is 38.1. The standard InChI is InChI=1S/C21H18ClNO6/c1-29-21(28)14-4-2-12(3-5-14)17-16(19(26)20(27)23(17)10-11-24)18(25)13-6-8-15(22)9-7-13/h2-9,17,24-25H,10-11H2,1H3/b18-16-. The molecule has 1 heterocycles. The third-order valence-electron chi connectivity index (χ3n) is 4.65. The molecule has 0 aliphatic carbocycles. The van der Waals surface area contributed by atoms with Crippen LogP contribution in [0.15, 0.2) is 54.1 Å². The van der Waals surface area contributed by atoms with Gasteiger partial charge in [0.05, 0.1) is 30.9 Å². The van der Waals surface area contributed by atoms with Gasteiger partial charge in [-0.25, -0.2) is 4.79 Å². The van der Waals surface area contributed by atoms with Crippen LogP contribution in [0.2, 0.25) is 5.02 Å². The van der Waals surface area contributed by atoms with Gasteiger partial charge in [0.15, 0.2) is 0 Å². The fourth-order valence-electron chi connectivity index (χ4n) is 3.25. The predicted molar refractivity (Wildman–Crippen MR) is 105 cm³/mol. The summed E-state index contributed by atoms with van der Waals surface area (Å²) in [6, 6.07) is 11.4. The van der Waals surface area contributed by atoms with Crippen LogP contribution in [0.5, 0.6) is 0 Å². The molecule has 2 aromatic rings. The molecule has 1 fully saturated rings. The first-order valence-electron chi connectivity index (χ1n) is 8.72. The molecular weight excluding hydrogens is 398 g/mol. The van der Waals surface area contributed by atoms with Crippen LogP contribution in [0.1, 0.15) is 27.5 Å². The summed E-state index contributed by atoms with van der Waals surface area (Å²) in [6.07, 6.45) is 0. The van der Waals surface area contributed by atoms with E-state index in [2.05, 4.69) is 4.74 Å². The van der Waals surface area contributed by atoms with Gasteiger partial charge < -0.3 is 19.8 Å². The molecule has 1 unspecified atom stereocenters.